The summed E-state index contributed by atoms with van der Waals surface area (Å²) in [5.74, 6) is 0. The Kier molecular flexibility index (Phi) is 10.9. The third kappa shape index (κ3) is 8.76. The molecular formula is C11H24BrN. The molecular weight excluding hydrogens is 226 g/mol. The molecule has 0 aromatic rings. The van der Waals surface area contributed by atoms with Crippen LogP contribution in [0.1, 0.15) is 46.0 Å². The highest BCUT2D eigenvalue weighted by molar-refractivity contribution is 9.09. The number of unbranched alkanes of at least 4 members (excludes halogenated alkanes) is 4. The predicted molar refractivity (Wildman–Crippen MR) is 64.7 cm³/mol. The molecule has 0 aliphatic rings. The van der Waals surface area contributed by atoms with Crippen molar-refractivity contribution in [2.75, 3.05) is 25.0 Å². The zero-order chi connectivity index (χ0) is 9.94. The fraction of sp³-hybridized carbons (Fsp3) is 1.00. The van der Waals surface area contributed by atoms with Gasteiger partial charge < -0.3 is 4.90 Å². The highest BCUT2D eigenvalue weighted by atomic mass is 79.9. The van der Waals surface area contributed by atoms with Crippen LogP contribution in [0.25, 0.3) is 0 Å². The molecule has 0 aromatic carbocycles. The fourth-order valence-corrected chi connectivity index (χ4v) is 1.99. The Bertz CT molecular complexity index is 96.1. The summed E-state index contributed by atoms with van der Waals surface area (Å²) >= 11 is 3.48. The van der Waals surface area contributed by atoms with E-state index in [0.717, 1.165) is 5.33 Å². The summed E-state index contributed by atoms with van der Waals surface area (Å²) in [5, 5.41) is 1.11. The Balaban J connectivity index is 3.17. The minimum absolute atomic E-state index is 1.11. The van der Waals surface area contributed by atoms with E-state index in [-0.39, 0.29) is 0 Å². The summed E-state index contributed by atoms with van der Waals surface area (Å²) in [7, 11) is 0. The minimum atomic E-state index is 1.11. The Morgan fingerprint density at radius 3 is 2.15 bits per heavy atom. The lowest BCUT2D eigenvalue weighted by Gasteiger charge is -2.18. The lowest BCUT2D eigenvalue weighted by atomic mass is 10.1. The SMILES string of the molecule is CCCCCCCN(CC)CCBr. The number of halogens is 1. The van der Waals surface area contributed by atoms with Crippen molar-refractivity contribution in [3.63, 3.8) is 0 Å². The van der Waals surface area contributed by atoms with Gasteiger partial charge in [0.15, 0.2) is 0 Å². The first-order chi connectivity index (χ1) is 6.35. The van der Waals surface area contributed by atoms with Crippen molar-refractivity contribution < 1.29 is 0 Å². The van der Waals surface area contributed by atoms with Crippen LogP contribution < -0.4 is 0 Å². The minimum Gasteiger partial charge on any atom is -0.303 e. The molecule has 1 nitrogen and oxygen atoms in total. The normalized spacial score (nSPS) is 11.1. The molecule has 0 atom stereocenters. The van der Waals surface area contributed by atoms with Gasteiger partial charge in [0.25, 0.3) is 0 Å². The molecule has 0 radical (unpaired) electrons. The first-order valence-electron chi connectivity index (χ1n) is 5.63. The Morgan fingerprint density at radius 2 is 1.62 bits per heavy atom. The highest BCUT2D eigenvalue weighted by Gasteiger charge is 1.99. The van der Waals surface area contributed by atoms with Gasteiger partial charge in [-0.3, -0.25) is 0 Å². The van der Waals surface area contributed by atoms with Gasteiger partial charge in [-0.05, 0) is 19.5 Å². The van der Waals surface area contributed by atoms with Crippen LogP contribution in [-0.4, -0.2) is 29.9 Å². The third-order valence-electron chi connectivity index (χ3n) is 2.43. The average molecular weight is 250 g/mol. The van der Waals surface area contributed by atoms with Crippen molar-refractivity contribution in [3.05, 3.63) is 0 Å². The van der Waals surface area contributed by atoms with E-state index in [1.54, 1.807) is 0 Å². The van der Waals surface area contributed by atoms with E-state index in [1.807, 2.05) is 0 Å². The van der Waals surface area contributed by atoms with Gasteiger partial charge in [0.2, 0.25) is 0 Å². The van der Waals surface area contributed by atoms with E-state index in [4.69, 9.17) is 0 Å². The van der Waals surface area contributed by atoms with Gasteiger partial charge in [-0.2, -0.15) is 0 Å². The topological polar surface area (TPSA) is 3.24 Å². The quantitative estimate of drug-likeness (QED) is 0.445. The second-order valence-corrected chi connectivity index (χ2v) is 4.33. The molecule has 0 saturated heterocycles. The predicted octanol–water partition coefficient (Wildman–Crippen LogP) is 3.67. The maximum atomic E-state index is 3.48. The smallest absolute Gasteiger partial charge is 0.0159 e. The van der Waals surface area contributed by atoms with Gasteiger partial charge in [-0.1, -0.05) is 55.5 Å². The van der Waals surface area contributed by atoms with E-state index < -0.39 is 0 Å². The zero-order valence-electron chi connectivity index (χ0n) is 9.19. The monoisotopic (exact) mass is 249 g/mol. The lowest BCUT2D eigenvalue weighted by molar-refractivity contribution is 0.298. The summed E-state index contributed by atoms with van der Waals surface area (Å²) in [5.41, 5.74) is 0. The summed E-state index contributed by atoms with van der Waals surface area (Å²) in [6, 6.07) is 0. The van der Waals surface area contributed by atoms with Crippen molar-refractivity contribution in [3.8, 4) is 0 Å². The molecule has 0 spiro atoms. The Morgan fingerprint density at radius 1 is 0.923 bits per heavy atom. The van der Waals surface area contributed by atoms with Crippen LogP contribution in [0.4, 0.5) is 0 Å². The number of hydrogen-bond acceptors (Lipinski definition) is 1. The first kappa shape index (κ1) is 13.4. The molecule has 80 valence electrons. The fourth-order valence-electron chi connectivity index (χ4n) is 1.49. The number of alkyl halides is 1. The van der Waals surface area contributed by atoms with Crippen LogP contribution in [0.2, 0.25) is 0 Å². The van der Waals surface area contributed by atoms with E-state index in [0.29, 0.717) is 0 Å². The molecule has 0 fully saturated rings. The summed E-state index contributed by atoms with van der Waals surface area (Å²) in [4.78, 5) is 2.51. The third-order valence-corrected chi connectivity index (χ3v) is 2.78. The molecule has 0 bridgehead atoms. The van der Waals surface area contributed by atoms with Gasteiger partial charge in [0, 0.05) is 11.9 Å². The molecule has 0 N–H and O–H groups in total. The molecule has 0 amide bonds. The van der Waals surface area contributed by atoms with Crippen molar-refractivity contribution in [1.29, 1.82) is 0 Å². The van der Waals surface area contributed by atoms with E-state index in [9.17, 15) is 0 Å². The highest BCUT2D eigenvalue weighted by Crippen LogP contribution is 2.03. The molecule has 0 aliphatic heterocycles. The van der Waals surface area contributed by atoms with Gasteiger partial charge in [-0.15, -0.1) is 0 Å². The van der Waals surface area contributed by atoms with Crippen molar-refractivity contribution in [2.24, 2.45) is 0 Å². The van der Waals surface area contributed by atoms with Crippen LogP contribution >= 0.6 is 15.9 Å². The molecule has 0 rings (SSSR count). The van der Waals surface area contributed by atoms with Crippen LogP contribution in [0.15, 0.2) is 0 Å². The van der Waals surface area contributed by atoms with Gasteiger partial charge in [0.05, 0.1) is 0 Å². The summed E-state index contributed by atoms with van der Waals surface area (Å²) < 4.78 is 0. The van der Waals surface area contributed by atoms with E-state index in [2.05, 4.69) is 34.7 Å². The van der Waals surface area contributed by atoms with Crippen molar-refractivity contribution in [1.82, 2.24) is 4.90 Å². The van der Waals surface area contributed by atoms with Crippen molar-refractivity contribution in [2.45, 2.75) is 46.0 Å². The molecule has 2 heteroatoms. The zero-order valence-corrected chi connectivity index (χ0v) is 10.8. The molecule has 0 heterocycles. The van der Waals surface area contributed by atoms with Crippen molar-refractivity contribution >= 4 is 15.9 Å². The largest absolute Gasteiger partial charge is 0.303 e. The van der Waals surface area contributed by atoms with Gasteiger partial charge in [0.1, 0.15) is 0 Å². The second kappa shape index (κ2) is 10.5. The second-order valence-electron chi connectivity index (χ2n) is 3.54. The number of nitrogens with zero attached hydrogens (tertiary/aromatic N) is 1. The lowest BCUT2D eigenvalue weighted by Crippen LogP contribution is -2.26. The van der Waals surface area contributed by atoms with Gasteiger partial charge >= 0.3 is 0 Å². The summed E-state index contributed by atoms with van der Waals surface area (Å²) in [6.45, 7) is 8.19. The van der Waals surface area contributed by atoms with Crippen LogP contribution in [-0.2, 0) is 0 Å². The van der Waals surface area contributed by atoms with E-state index in [1.165, 1.54) is 51.7 Å². The maximum Gasteiger partial charge on any atom is 0.0159 e. The molecule has 0 unspecified atom stereocenters. The average Bonchev–Trinajstić information content (AvgIpc) is 2.16. The van der Waals surface area contributed by atoms with Crippen LogP contribution in [0.3, 0.4) is 0 Å². The van der Waals surface area contributed by atoms with Crippen LogP contribution in [0, 0.1) is 0 Å². The first-order valence-corrected chi connectivity index (χ1v) is 6.75. The maximum absolute atomic E-state index is 3.48. The Labute approximate surface area is 92.0 Å². The Hall–Kier alpha value is 0.440. The standard InChI is InChI=1S/C11H24BrN/c1-3-5-6-7-8-10-13(4-2)11-9-12/h3-11H2,1-2H3. The number of rotatable bonds is 9. The molecule has 0 aromatic heterocycles. The molecule has 0 saturated carbocycles. The van der Waals surface area contributed by atoms with E-state index >= 15 is 0 Å². The molecule has 0 aliphatic carbocycles. The summed E-state index contributed by atoms with van der Waals surface area (Å²) in [6.07, 6.45) is 6.96. The van der Waals surface area contributed by atoms with Gasteiger partial charge in [-0.25, -0.2) is 0 Å². The van der Waals surface area contributed by atoms with Crippen LogP contribution in [0.5, 0.6) is 0 Å². The molecule has 13 heavy (non-hydrogen) atoms. The number of hydrogen-bond donors (Lipinski definition) is 0.